The average Bonchev–Trinajstić information content (AvgIpc) is 3.93. The van der Waals surface area contributed by atoms with Crippen LogP contribution in [0.15, 0.2) is 46.1 Å². The molecule has 4 saturated carbocycles. The SMILES string of the molecule is CCC(CCC(CCC(C)(CC)C(=O)NCOC)C1CCNCC1)C1CCN(CCCCC2=C(/C=C/C3=[N+](C)C4CCC5CCCCC5C4S3)CCC/C2=C\C=C2/SC3C4CCCCC4CCC3N2C)CC1. The van der Waals surface area contributed by atoms with E-state index in [0.717, 1.165) is 95.9 Å². The number of carbonyl (C=O) groups excluding carboxylic acids is 1. The number of amides is 1. The Bertz CT molecular complexity index is 1930. The lowest BCUT2D eigenvalue weighted by atomic mass is 9.69. The number of nitrogens with zero attached hydrogens (tertiary/aromatic N) is 3. The van der Waals surface area contributed by atoms with Gasteiger partial charge in [0.15, 0.2) is 6.04 Å². The minimum Gasteiger partial charge on any atom is -0.365 e. The number of carbonyl (C=O) groups is 1. The molecule has 11 unspecified atom stereocenters. The minimum atomic E-state index is -0.323. The molecule has 9 rings (SSSR count). The monoisotopic (exact) mass is 1030 g/mol. The fourth-order valence-electron chi connectivity index (χ4n) is 16.7. The summed E-state index contributed by atoms with van der Waals surface area (Å²) in [5.41, 5.74) is 4.66. The van der Waals surface area contributed by atoms with Crippen molar-refractivity contribution in [3.8, 4) is 0 Å². The van der Waals surface area contributed by atoms with Crippen LogP contribution in [0.3, 0.4) is 0 Å². The zero-order chi connectivity index (χ0) is 50.0. The van der Waals surface area contributed by atoms with Crippen LogP contribution in [0.5, 0.6) is 0 Å². The van der Waals surface area contributed by atoms with Crippen LogP contribution in [-0.2, 0) is 9.53 Å². The zero-order valence-electron chi connectivity index (χ0n) is 46.8. The lowest BCUT2D eigenvalue weighted by Gasteiger charge is -2.43. The maximum atomic E-state index is 13.2. The maximum absolute atomic E-state index is 13.2. The Kier molecular flexibility index (Phi) is 20.5. The summed E-state index contributed by atoms with van der Waals surface area (Å²) in [5, 5.41) is 11.4. The van der Waals surface area contributed by atoms with Crippen LogP contribution in [0.25, 0.3) is 0 Å². The summed E-state index contributed by atoms with van der Waals surface area (Å²) in [4.78, 5) is 18.8. The summed E-state index contributed by atoms with van der Waals surface area (Å²) < 4.78 is 7.91. The van der Waals surface area contributed by atoms with E-state index >= 15 is 0 Å². The summed E-state index contributed by atoms with van der Waals surface area (Å²) in [5.74, 6) is 7.19. The molecule has 404 valence electrons. The number of nitrogens with one attached hydrogen (secondary N) is 2. The van der Waals surface area contributed by atoms with Gasteiger partial charge in [-0.15, -0.1) is 11.8 Å². The fourth-order valence-corrected chi connectivity index (χ4v) is 20.2. The van der Waals surface area contributed by atoms with Gasteiger partial charge in [-0.05, 0) is 243 Å². The van der Waals surface area contributed by atoms with E-state index in [0.29, 0.717) is 6.73 Å². The van der Waals surface area contributed by atoms with Crippen molar-refractivity contribution >= 4 is 34.5 Å². The average molecular weight is 1030 g/mol. The molecule has 9 aliphatic rings. The predicted molar refractivity (Wildman–Crippen MR) is 308 cm³/mol. The number of ether oxygens (including phenoxy) is 1. The van der Waals surface area contributed by atoms with Crippen LogP contribution in [0, 0.1) is 52.8 Å². The number of rotatable bonds is 21. The molecule has 0 radical (unpaired) electrons. The highest BCUT2D eigenvalue weighted by molar-refractivity contribution is 8.14. The number of methoxy groups -OCH3 is 1. The van der Waals surface area contributed by atoms with Crippen molar-refractivity contribution in [2.24, 2.45) is 52.8 Å². The zero-order valence-corrected chi connectivity index (χ0v) is 48.4. The Labute approximate surface area is 449 Å². The molecule has 72 heavy (non-hydrogen) atoms. The van der Waals surface area contributed by atoms with Gasteiger partial charge in [0.25, 0.3) is 0 Å². The van der Waals surface area contributed by atoms with Crippen molar-refractivity contribution in [2.75, 3.05) is 60.7 Å². The van der Waals surface area contributed by atoms with Crippen molar-refractivity contribution in [2.45, 2.75) is 223 Å². The van der Waals surface area contributed by atoms with E-state index in [9.17, 15) is 4.79 Å². The molecule has 4 aliphatic heterocycles. The molecule has 11 atom stereocenters. The van der Waals surface area contributed by atoms with Crippen molar-refractivity contribution in [3.63, 3.8) is 0 Å². The van der Waals surface area contributed by atoms with E-state index in [2.05, 4.69) is 108 Å². The van der Waals surface area contributed by atoms with E-state index in [4.69, 9.17) is 4.74 Å². The first kappa shape index (κ1) is 55.2. The Morgan fingerprint density at radius 1 is 0.806 bits per heavy atom. The molecule has 5 aliphatic carbocycles. The highest BCUT2D eigenvalue weighted by Gasteiger charge is 2.50. The summed E-state index contributed by atoms with van der Waals surface area (Å²) in [6, 6.07) is 1.47. The van der Waals surface area contributed by atoms with Gasteiger partial charge in [-0.25, -0.2) is 4.58 Å². The lowest BCUT2D eigenvalue weighted by Crippen LogP contribution is -2.44. The third kappa shape index (κ3) is 13.2. The molecule has 7 fully saturated rings. The highest BCUT2D eigenvalue weighted by atomic mass is 32.2. The van der Waals surface area contributed by atoms with E-state index in [1.54, 1.807) is 33.9 Å². The van der Waals surface area contributed by atoms with Gasteiger partial charge in [-0.2, -0.15) is 0 Å². The fraction of sp³-hybridized carbons (Fsp3) is 0.841. The number of unbranched alkanes of at least 4 members (excludes halogenated alkanes) is 1. The Morgan fingerprint density at radius 2 is 1.51 bits per heavy atom. The molecule has 0 aromatic heterocycles. The molecule has 7 nitrogen and oxygen atoms in total. The van der Waals surface area contributed by atoms with Crippen molar-refractivity contribution in [1.82, 2.24) is 20.4 Å². The minimum absolute atomic E-state index is 0.159. The second kappa shape index (κ2) is 26.7. The summed E-state index contributed by atoms with van der Waals surface area (Å²) >= 11 is 4.51. The second-order valence-electron chi connectivity index (χ2n) is 25.4. The quantitative estimate of drug-likeness (QED) is 0.0675. The molecular formula is C63H104N5O2S2+. The van der Waals surface area contributed by atoms with Gasteiger partial charge >= 0.3 is 0 Å². The molecule has 1 amide bonds. The molecule has 3 saturated heterocycles. The normalized spacial score (nSPS) is 33.8. The smallest absolute Gasteiger partial charge is 0.235 e. The topological polar surface area (TPSA) is 59.9 Å². The summed E-state index contributed by atoms with van der Waals surface area (Å²) in [6.45, 7) is 13.3. The van der Waals surface area contributed by atoms with Crippen LogP contribution < -0.4 is 10.6 Å². The standard InChI is InChI=1S/C63H103N5O2S2/c1-7-45(23-24-46(47-34-39-64-40-35-47)33-38-63(3,8-2)62(69)65-44-70-6)48-36-42-68(43-37-48)41-14-13-20-53-49(27-31-58-66(4)56-29-25-51-16-9-11-21-54(51)60(56)71-58)18-15-19-50(53)28-32-59-67(5)57-30-26-52-17-10-12-22-55(52)61(57)72-59/h27-28,31-32,45-48,51-52,54-57,60-61,64H,7-26,29-30,33-44H2,1-6H3/p+1. The third-order valence-corrected chi connectivity index (χ3v) is 24.8. The van der Waals surface area contributed by atoms with Gasteiger partial charge < -0.3 is 25.2 Å². The highest BCUT2D eigenvalue weighted by Crippen LogP contribution is 2.54. The number of hydrogen-bond donors (Lipinski definition) is 2. The molecule has 9 heteroatoms. The summed E-state index contributed by atoms with van der Waals surface area (Å²) in [6.07, 6.45) is 47.8. The molecule has 0 aromatic carbocycles. The Balaban J connectivity index is 0.816. The molecule has 4 heterocycles. The predicted octanol–water partition coefficient (Wildman–Crippen LogP) is 14.2. The van der Waals surface area contributed by atoms with Gasteiger partial charge in [0, 0.05) is 43.4 Å². The Hall–Kier alpha value is -1.52. The number of allylic oxidation sites excluding steroid dienone is 6. The van der Waals surface area contributed by atoms with E-state index in [-0.39, 0.29) is 11.3 Å². The number of thioether (sulfide) groups is 2. The van der Waals surface area contributed by atoms with E-state index in [1.807, 2.05) is 0 Å². The molecule has 0 spiro atoms. The van der Waals surface area contributed by atoms with Gasteiger partial charge in [0.1, 0.15) is 13.8 Å². The molecule has 2 N–H and O–H groups in total. The van der Waals surface area contributed by atoms with E-state index < -0.39 is 0 Å². The van der Waals surface area contributed by atoms with Gasteiger partial charge in [-0.1, -0.05) is 77.9 Å². The van der Waals surface area contributed by atoms with Crippen LogP contribution >= 0.6 is 23.5 Å². The second-order valence-corrected chi connectivity index (χ2v) is 27.8. The Morgan fingerprint density at radius 3 is 2.25 bits per heavy atom. The van der Waals surface area contributed by atoms with Crippen LogP contribution in [0.2, 0.25) is 0 Å². The third-order valence-electron chi connectivity index (χ3n) is 21.6. The van der Waals surface area contributed by atoms with Gasteiger partial charge in [0.05, 0.1) is 10.3 Å². The molecular weight excluding hydrogens is 923 g/mol. The van der Waals surface area contributed by atoms with Crippen molar-refractivity contribution in [1.29, 1.82) is 0 Å². The number of likely N-dealkylation sites (tertiary alicyclic amines) is 1. The maximum Gasteiger partial charge on any atom is 0.235 e. The lowest BCUT2D eigenvalue weighted by molar-refractivity contribution is -0.535. The molecule has 0 aromatic rings. The number of fused-ring (bicyclic) bond motifs is 6. The first-order valence-electron chi connectivity index (χ1n) is 30.9. The number of piperidine rings is 2. The van der Waals surface area contributed by atoms with Gasteiger partial charge in [0.2, 0.25) is 11.0 Å². The van der Waals surface area contributed by atoms with Crippen LogP contribution in [0.4, 0.5) is 0 Å². The van der Waals surface area contributed by atoms with Crippen molar-refractivity contribution < 1.29 is 14.1 Å². The molecule has 0 bridgehead atoms. The van der Waals surface area contributed by atoms with E-state index in [1.165, 1.54) is 187 Å². The first-order chi connectivity index (χ1) is 35.2. The first-order valence-corrected chi connectivity index (χ1v) is 32.6. The van der Waals surface area contributed by atoms with Crippen molar-refractivity contribution in [3.05, 3.63) is 46.1 Å². The number of hydrogen-bond acceptors (Lipinski definition) is 7. The van der Waals surface area contributed by atoms with Crippen LogP contribution in [-0.4, -0.2) is 109 Å². The van der Waals surface area contributed by atoms with Gasteiger partial charge in [-0.3, -0.25) is 4.79 Å². The largest absolute Gasteiger partial charge is 0.365 e. The summed E-state index contributed by atoms with van der Waals surface area (Å²) in [7, 11) is 6.50. The van der Waals surface area contributed by atoms with Crippen LogP contribution in [0.1, 0.15) is 201 Å².